The molecule has 1 atom stereocenters. The standard InChI is InChI=1S/C16H13F11O2/c1-8(28)9-5-3-4-6-10(9)11(2,29)7-12(17,18)13(19,20)14(21,22)15(23,24)16(25,26)27/h3-6,29H,7H2,1-2H3. The van der Waals surface area contributed by atoms with Gasteiger partial charge in [0, 0.05) is 5.56 Å². The fourth-order valence-electron chi connectivity index (χ4n) is 2.50. The third-order valence-corrected chi connectivity index (χ3v) is 4.06. The Kier molecular flexibility index (Phi) is 6.15. The molecular weight excluding hydrogens is 433 g/mol. The van der Waals surface area contributed by atoms with Crippen LogP contribution in [0.3, 0.4) is 0 Å². The summed E-state index contributed by atoms with van der Waals surface area (Å²) in [5, 5.41) is 10.1. The van der Waals surface area contributed by atoms with Crippen molar-refractivity contribution >= 4 is 5.78 Å². The molecule has 0 heterocycles. The van der Waals surface area contributed by atoms with Crippen molar-refractivity contribution in [3.8, 4) is 0 Å². The second-order valence-electron chi connectivity index (χ2n) is 6.48. The number of halogens is 11. The number of carbonyl (C=O) groups is 1. The van der Waals surface area contributed by atoms with Gasteiger partial charge in [-0.15, -0.1) is 0 Å². The van der Waals surface area contributed by atoms with Gasteiger partial charge >= 0.3 is 29.9 Å². The number of carbonyl (C=O) groups excluding carboxylic acids is 1. The van der Waals surface area contributed by atoms with E-state index in [4.69, 9.17) is 0 Å². The minimum absolute atomic E-state index is 0.388. The number of hydrogen-bond acceptors (Lipinski definition) is 2. The molecule has 0 fully saturated rings. The summed E-state index contributed by atoms with van der Waals surface area (Å²) in [7, 11) is 0. The topological polar surface area (TPSA) is 37.3 Å². The molecule has 1 unspecified atom stereocenters. The highest BCUT2D eigenvalue weighted by Gasteiger charge is 2.87. The van der Waals surface area contributed by atoms with E-state index in [1.54, 1.807) is 0 Å². The summed E-state index contributed by atoms with van der Waals surface area (Å²) >= 11 is 0. The first-order chi connectivity index (χ1) is 12.6. The van der Waals surface area contributed by atoms with Crippen LogP contribution >= 0.6 is 0 Å². The third-order valence-electron chi connectivity index (χ3n) is 4.06. The lowest BCUT2D eigenvalue weighted by molar-refractivity contribution is -0.424. The van der Waals surface area contributed by atoms with Gasteiger partial charge in [0.1, 0.15) is 0 Å². The summed E-state index contributed by atoms with van der Waals surface area (Å²) in [6.07, 6.45) is -9.96. The largest absolute Gasteiger partial charge is 0.460 e. The van der Waals surface area contributed by atoms with E-state index in [9.17, 15) is 58.2 Å². The van der Waals surface area contributed by atoms with E-state index in [1.807, 2.05) is 0 Å². The molecular formula is C16H13F11O2. The fraction of sp³-hybridized carbons (Fsp3) is 0.562. The predicted molar refractivity (Wildman–Crippen MR) is 76.5 cm³/mol. The summed E-state index contributed by atoms with van der Waals surface area (Å²) in [5.74, 6) is -29.4. The zero-order chi connectivity index (χ0) is 23.3. The van der Waals surface area contributed by atoms with E-state index in [0.29, 0.717) is 6.92 Å². The van der Waals surface area contributed by atoms with Crippen LogP contribution in [-0.4, -0.2) is 40.8 Å². The molecule has 0 aromatic heterocycles. The van der Waals surface area contributed by atoms with Gasteiger partial charge in [-0.05, 0) is 19.4 Å². The molecule has 0 amide bonds. The molecule has 1 rings (SSSR count). The van der Waals surface area contributed by atoms with E-state index in [0.717, 1.165) is 25.1 Å². The fourth-order valence-corrected chi connectivity index (χ4v) is 2.50. The molecule has 0 saturated carbocycles. The molecule has 1 aromatic carbocycles. The SMILES string of the molecule is CC(=O)c1ccccc1C(C)(O)CC(F)(F)C(F)(F)C(F)(F)C(F)(F)C(F)(F)F. The highest BCUT2D eigenvalue weighted by molar-refractivity contribution is 5.95. The van der Waals surface area contributed by atoms with Gasteiger partial charge in [0.15, 0.2) is 5.78 Å². The number of alkyl halides is 11. The quantitative estimate of drug-likeness (QED) is 0.438. The molecule has 29 heavy (non-hydrogen) atoms. The molecule has 0 spiro atoms. The number of aliphatic hydroxyl groups is 1. The van der Waals surface area contributed by atoms with Crippen molar-refractivity contribution in [2.45, 2.75) is 55.7 Å². The normalized spacial score (nSPS) is 16.5. The molecule has 2 nitrogen and oxygen atoms in total. The highest BCUT2D eigenvalue weighted by atomic mass is 19.4. The lowest BCUT2D eigenvalue weighted by Gasteiger charge is -2.39. The average Bonchev–Trinajstić information content (AvgIpc) is 2.52. The van der Waals surface area contributed by atoms with E-state index in [1.165, 1.54) is 6.07 Å². The van der Waals surface area contributed by atoms with Gasteiger partial charge in [0.25, 0.3) is 0 Å². The van der Waals surface area contributed by atoms with Crippen LogP contribution in [-0.2, 0) is 5.60 Å². The molecule has 0 aliphatic rings. The highest BCUT2D eigenvalue weighted by Crippen LogP contribution is 2.59. The second kappa shape index (κ2) is 7.10. The zero-order valence-corrected chi connectivity index (χ0v) is 14.5. The molecule has 0 aliphatic carbocycles. The Bertz CT molecular complexity index is 766. The lowest BCUT2D eigenvalue weighted by atomic mass is 9.82. The van der Waals surface area contributed by atoms with Gasteiger partial charge in [-0.1, -0.05) is 24.3 Å². The van der Waals surface area contributed by atoms with Gasteiger partial charge in [-0.2, -0.15) is 48.3 Å². The van der Waals surface area contributed by atoms with Crippen LogP contribution in [0.4, 0.5) is 48.3 Å². The molecule has 13 heteroatoms. The maximum Gasteiger partial charge on any atom is 0.460 e. The third kappa shape index (κ3) is 4.05. The molecule has 0 radical (unpaired) electrons. The monoisotopic (exact) mass is 446 g/mol. The van der Waals surface area contributed by atoms with Crippen molar-refractivity contribution in [2.24, 2.45) is 0 Å². The zero-order valence-electron chi connectivity index (χ0n) is 14.5. The number of benzene rings is 1. The predicted octanol–water partition coefficient (Wildman–Crippen LogP) is 5.59. The van der Waals surface area contributed by atoms with Crippen molar-refractivity contribution in [3.05, 3.63) is 35.4 Å². The van der Waals surface area contributed by atoms with E-state index in [-0.39, 0.29) is 0 Å². The summed E-state index contributed by atoms with van der Waals surface area (Å²) in [4.78, 5) is 11.5. The summed E-state index contributed by atoms with van der Waals surface area (Å²) in [5.41, 5.74) is -4.41. The van der Waals surface area contributed by atoms with E-state index < -0.39 is 58.8 Å². The number of hydrogen-bond donors (Lipinski definition) is 1. The maximum absolute atomic E-state index is 14.0. The Hall–Kier alpha value is -1.92. The molecule has 0 bridgehead atoms. The minimum Gasteiger partial charge on any atom is -0.385 e. The van der Waals surface area contributed by atoms with Crippen LogP contribution in [0.2, 0.25) is 0 Å². The van der Waals surface area contributed by atoms with Crippen molar-refractivity contribution in [1.29, 1.82) is 0 Å². The van der Waals surface area contributed by atoms with Gasteiger partial charge in [-0.3, -0.25) is 4.79 Å². The van der Waals surface area contributed by atoms with Crippen molar-refractivity contribution in [3.63, 3.8) is 0 Å². The number of ketones is 1. The summed E-state index contributed by atoms with van der Waals surface area (Å²) in [6, 6.07) is 4.00. The van der Waals surface area contributed by atoms with E-state index >= 15 is 0 Å². The van der Waals surface area contributed by atoms with Gasteiger partial charge in [0.05, 0.1) is 12.0 Å². The van der Waals surface area contributed by atoms with Crippen molar-refractivity contribution in [1.82, 2.24) is 0 Å². The second-order valence-corrected chi connectivity index (χ2v) is 6.48. The Labute approximate surface area is 156 Å². The van der Waals surface area contributed by atoms with E-state index in [2.05, 4.69) is 0 Å². The summed E-state index contributed by atoms with van der Waals surface area (Å²) in [6.45, 7) is 1.28. The minimum atomic E-state index is -7.56. The van der Waals surface area contributed by atoms with Gasteiger partial charge in [0.2, 0.25) is 0 Å². The first-order valence-electron chi connectivity index (χ1n) is 7.54. The van der Waals surface area contributed by atoms with Crippen LogP contribution in [0.1, 0.15) is 36.2 Å². The molecule has 0 aliphatic heterocycles. The Morgan fingerprint density at radius 2 is 1.28 bits per heavy atom. The molecule has 166 valence electrons. The first-order valence-corrected chi connectivity index (χ1v) is 7.54. The Morgan fingerprint density at radius 3 is 1.69 bits per heavy atom. The van der Waals surface area contributed by atoms with Crippen LogP contribution < -0.4 is 0 Å². The average molecular weight is 446 g/mol. The van der Waals surface area contributed by atoms with Crippen molar-refractivity contribution < 1.29 is 58.2 Å². The van der Waals surface area contributed by atoms with Crippen LogP contribution in [0.25, 0.3) is 0 Å². The molecule has 1 N–H and O–H groups in total. The van der Waals surface area contributed by atoms with Gasteiger partial charge in [-0.25, -0.2) is 0 Å². The lowest BCUT2D eigenvalue weighted by Crippen LogP contribution is -2.67. The molecule has 0 saturated heterocycles. The Morgan fingerprint density at radius 1 is 0.828 bits per heavy atom. The maximum atomic E-state index is 14.0. The van der Waals surface area contributed by atoms with Crippen molar-refractivity contribution in [2.75, 3.05) is 0 Å². The smallest absolute Gasteiger partial charge is 0.385 e. The van der Waals surface area contributed by atoms with Crippen LogP contribution in [0.15, 0.2) is 24.3 Å². The Balaban J connectivity index is 3.46. The first kappa shape index (κ1) is 25.1. The van der Waals surface area contributed by atoms with Crippen LogP contribution in [0, 0.1) is 0 Å². The molecule has 1 aromatic rings. The number of rotatable bonds is 7. The summed E-state index contributed by atoms with van der Waals surface area (Å²) < 4.78 is 144. The van der Waals surface area contributed by atoms with Crippen LogP contribution in [0.5, 0.6) is 0 Å². The van der Waals surface area contributed by atoms with Gasteiger partial charge < -0.3 is 5.11 Å². The number of Topliss-reactive ketones (excluding diaryl/α,β-unsaturated/α-hetero) is 1.